The predicted molar refractivity (Wildman–Crippen MR) is 73.1 cm³/mol. The van der Waals surface area contributed by atoms with Crippen molar-refractivity contribution in [1.82, 2.24) is 5.32 Å². The molecule has 0 heterocycles. The monoisotopic (exact) mass is 277 g/mol. The number of ether oxygens (including phenoxy) is 2. The van der Waals surface area contributed by atoms with E-state index in [4.69, 9.17) is 9.47 Å². The summed E-state index contributed by atoms with van der Waals surface area (Å²) in [6.07, 6.45) is 0.867. The molecular weight excluding hydrogens is 258 g/mol. The van der Waals surface area contributed by atoms with Crippen molar-refractivity contribution in [3.05, 3.63) is 29.8 Å². The molecule has 2 rings (SSSR count). The highest BCUT2D eigenvalue weighted by atomic mass is 16.5. The van der Waals surface area contributed by atoms with Crippen LogP contribution in [0.4, 0.5) is 0 Å². The minimum atomic E-state index is -0.289. The molecular formula is C15H19NO4. The van der Waals surface area contributed by atoms with Crippen LogP contribution in [0.15, 0.2) is 24.3 Å². The number of carbonyl (C=O) groups is 2. The van der Waals surface area contributed by atoms with Gasteiger partial charge < -0.3 is 14.8 Å². The Labute approximate surface area is 118 Å². The van der Waals surface area contributed by atoms with Gasteiger partial charge in [0, 0.05) is 6.54 Å². The summed E-state index contributed by atoms with van der Waals surface area (Å²) in [6, 6.07) is 7.40. The average molecular weight is 277 g/mol. The lowest BCUT2D eigenvalue weighted by molar-refractivity contribution is -0.150. The molecule has 0 spiro atoms. The smallest absolute Gasteiger partial charge is 0.309 e. The van der Waals surface area contributed by atoms with E-state index in [1.54, 1.807) is 7.11 Å². The highest BCUT2D eigenvalue weighted by molar-refractivity contribution is 5.82. The van der Waals surface area contributed by atoms with Crippen molar-refractivity contribution in [2.75, 3.05) is 13.7 Å². The maximum Gasteiger partial charge on any atom is 0.309 e. The van der Waals surface area contributed by atoms with Crippen molar-refractivity contribution in [2.45, 2.75) is 19.9 Å². The molecule has 0 unspecified atom stereocenters. The van der Waals surface area contributed by atoms with Crippen molar-refractivity contribution in [1.29, 1.82) is 0 Å². The summed E-state index contributed by atoms with van der Waals surface area (Å²) >= 11 is 0. The third-order valence-corrected chi connectivity index (χ3v) is 3.41. The first-order valence-corrected chi connectivity index (χ1v) is 6.66. The van der Waals surface area contributed by atoms with Gasteiger partial charge in [-0.15, -0.1) is 0 Å². The lowest BCUT2D eigenvalue weighted by atomic mass is 10.2. The van der Waals surface area contributed by atoms with Crippen LogP contribution >= 0.6 is 0 Å². The number of hydrogen-bond donors (Lipinski definition) is 1. The molecule has 0 radical (unpaired) electrons. The number of methoxy groups -OCH3 is 1. The van der Waals surface area contributed by atoms with Crippen LogP contribution in [0.3, 0.4) is 0 Å². The fourth-order valence-corrected chi connectivity index (χ4v) is 1.89. The van der Waals surface area contributed by atoms with Gasteiger partial charge in [0.15, 0.2) is 6.61 Å². The lowest BCUT2D eigenvalue weighted by Gasteiger charge is -2.07. The topological polar surface area (TPSA) is 64.6 Å². The number of nitrogens with one attached hydrogen (secondary N) is 1. The molecule has 5 heteroatoms. The van der Waals surface area contributed by atoms with Gasteiger partial charge in [0.25, 0.3) is 5.91 Å². The van der Waals surface area contributed by atoms with Crippen molar-refractivity contribution in [2.24, 2.45) is 11.8 Å². The van der Waals surface area contributed by atoms with Gasteiger partial charge >= 0.3 is 5.97 Å². The SMILES string of the molecule is COc1ccc(CNC(=O)COC(=O)[C@@H]2C[C@H]2C)cc1. The highest BCUT2D eigenvalue weighted by Crippen LogP contribution is 2.38. The van der Waals surface area contributed by atoms with E-state index in [1.807, 2.05) is 31.2 Å². The van der Waals surface area contributed by atoms with Crippen molar-refractivity contribution in [3.8, 4) is 5.75 Å². The first kappa shape index (κ1) is 14.4. The number of benzene rings is 1. The predicted octanol–water partition coefficient (Wildman–Crippen LogP) is 1.51. The van der Waals surface area contributed by atoms with E-state index >= 15 is 0 Å². The van der Waals surface area contributed by atoms with Crippen LogP contribution < -0.4 is 10.1 Å². The normalized spacial score (nSPS) is 20.1. The molecule has 5 nitrogen and oxygen atoms in total. The Bertz CT molecular complexity index is 483. The van der Waals surface area contributed by atoms with Crippen LogP contribution in [0, 0.1) is 11.8 Å². The number of rotatable bonds is 6. The largest absolute Gasteiger partial charge is 0.497 e. The Morgan fingerprint density at radius 2 is 1.95 bits per heavy atom. The Hall–Kier alpha value is -2.04. The zero-order chi connectivity index (χ0) is 14.5. The third-order valence-electron chi connectivity index (χ3n) is 3.41. The zero-order valence-corrected chi connectivity index (χ0v) is 11.7. The minimum Gasteiger partial charge on any atom is -0.497 e. The second-order valence-corrected chi connectivity index (χ2v) is 5.05. The van der Waals surface area contributed by atoms with Gasteiger partial charge in [0.05, 0.1) is 13.0 Å². The van der Waals surface area contributed by atoms with E-state index in [0.29, 0.717) is 12.5 Å². The fourth-order valence-electron chi connectivity index (χ4n) is 1.89. The van der Waals surface area contributed by atoms with E-state index in [2.05, 4.69) is 5.32 Å². The Morgan fingerprint density at radius 1 is 1.30 bits per heavy atom. The summed E-state index contributed by atoms with van der Waals surface area (Å²) in [6.45, 7) is 2.19. The van der Waals surface area contributed by atoms with Gasteiger partial charge in [-0.1, -0.05) is 19.1 Å². The molecule has 1 fully saturated rings. The maximum absolute atomic E-state index is 11.6. The zero-order valence-electron chi connectivity index (χ0n) is 11.7. The number of esters is 1. The highest BCUT2D eigenvalue weighted by Gasteiger charge is 2.40. The molecule has 0 bridgehead atoms. The molecule has 0 aliphatic heterocycles. The van der Waals surface area contributed by atoms with Crippen LogP contribution in [-0.2, 0) is 20.9 Å². The first-order valence-electron chi connectivity index (χ1n) is 6.66. The van der Waals surface area contributed by atoms with E-state index in [9.17, 15) is 9.59 Å². The standard InChI is InChI=1S/C15H19NO4/c1-10-7-13(10)15(18)20-9-14(17)16-8-11-3-5-12(19-2)6-4-11/h3-6,10,13H,7-9H2,1-2H3,(H,16,17)/t10-,13-/m1/s1. The van der Waals surface area contributed by atoms with Crippen LogP contribution in [-0.4, -0.2) is 25.6 Å². The molecule has 1 aromatic rings. The number of hydrogen-bond acceptors (Lipinski definition) is 4. The third kappa shape index (κ3) is 3.98. The first-order chi connectivity index (χ1) is 9.60. The molecule has 1 N–H and O–H groups in total. The quantitative estimate of drug-likeness (QED) is 0.801. The molecule has 1 aliphatic rings. The summed E-state index contributed by atoms with van der Waals surface area (Å²) in [7, 11) is 1.60. The fraction of sp³-hybridized carbons (Fsp3) is 0.467. The van der Waals surface area contributed by atoms with Crippen molar-refractivity contribution in [3.63, 3.8) is 0 Å². The van der Waals surface area contributed by atoms with E-state index in [-0.39, 0.29) is 24.4 Å². The maximum atomic E-state index is 11.6. The lowest BCUT2D eigenvalue weighted by Crippen LogP contribution is -2.28. The average Bonchev–Trinajstić information content (AvgIpc) is 3.20. The van der Waals surface area contributed by atoms with E-state index in [0.717, 1.165) is 17.7 Å². The Kier molecular flexibility index (Phi) is 4.61. The summed E-state index contributed by atoms with van der Waals surface area (Å²) in [5.74, 6) is 0.598. The summed E-state index contributed by atoms with van der Waals surface area (Å²) < 4.78 is 10.0. The van der Waals surface area contributed by atoms with Gasteiger partial charge in [-0.3, -0.25) is 9.59 Å². The van der Waals surface area contributed by atoms with Crippen LogP contribution in [0.5, 0.6) is 5.75 Å². The van der Waals surface area contributed by atoms with Crippen molar-refractivity contribution < 1.29 is 19.1 Å². The Morgan fingerprint density at radius 3 is 2.50 bits per heavy atom. The molecule has 2 atom stereocenters. The molecule has 20 heavy (non-hydrogen) atoms. The van der Waals surface area contributed by atoms with E-state index in [1.165, 1.54) is 0 Å². The van der Waals surface area contributed by atoms with Crippen LogP contribution in [0.1, 0.15) is 18.9 Å². The van der Waals surface area contributed by atoms with Gasteiger partial charge in [-0.2, -0.15) is 0 Å². The molecule has 1 amide bonds. The molecule has 0 saturated heterocycles. The van der Waals surface area contributed by atoms with Gasteiger partial charge in [-0.05, 0) is 30.0 Å². The number of carbonyl (C=O) groups excluding carboxylic acids is 2. The second kappa shape index (κ2) is 6.41. The van der Waals surface area contributed by atoms with Crippen molar-refractivity contribution >= 4 is 11.9 Å². The van der Waals surface area contributed by atoms with Crippen LogP contribution in [0.25, 0.3) is 0 Å². The second-order valence-electron chi connectivity index (χ2n) is 5.05. The van der Waals surface area contributed by atoms with E-state index < -0.39 is 0 Å². The molecule has 1 aromatic carbocycles. The molecule has 1 saturated carbocycles. The van der Waals surface area contributed by atoms with Crippen LogP contribution in [0.2, 0.25) is 0 Å². The summed E-state index contributed by atoms with van der Waals surface area (Å²) in [5.41, 5.74) is 0.960. The molecule has 1 aliphatic carbocycles. The number of amides is 1. The van der Waals surface area contributed by atoms with Gasteiger partial charge in [0.2, 0.25) is 0 Å². The van der Waals surface area contributed by atoms with Gasteiger partial charge in [-0.25, -0.2) is 0 Å². The minimum absolute atomic E-state index is 0.00983. The Balaban J connectivity index is 1.67. The summed E-state index contributed by atoms with van der Waals surface area (Å²) in [5, 5.41) is 2.71. The molecule has 0 aromatic heterocycles. The van der Waals surface area contributed by atoms with Gasteiger partial charge in [0.1, 0.15) is 5.75 Å². The summed E-state index contributed by atoms with van der Waals surface area (Å²) in [4.78, 5) is 23.0. The molecule has 108 valence electrons.